The predicted octanol–water partition coefficient (Wildman–Crippen LogP) is 2.19. The number of ether oxygens (including phenoxy) is 1. The van der Waals surface area contributed by atoms with Gasteiger partial charge >= 0.3 is 0 Å². The second-order valence-corrected chi connectivity index (χ2v) is 11.7. The molecule has 3 fully saturated rings. The van der Waals surface area contributed by atoms with Crippen LogP contribution in [0.3, 0.4) is 0 Å². The maximum absolute atomic E-state index is 13.6. The van der Waals surface area contributed by atoms with Crippen molar-refractivity contribution >= 4 is 33.3 Å². The zero-order valence-corrected chi connectivity index (χ0v) is 20.1. The molecule has 2 aliphatic heterocycles. The van der Waals surface area contributed by atoms with Gasteiger partial charge in [-0.15, -0.1) is 0 Å². The zero-order valence-electron chi connectivity index (χ0n) is 18.6. The topological polar surface area (TPSA) is 108 Å². The average Bonchev–Trinajstić information content (AvgIpc) is 3.46. The lowest BCUT2D eigenvalue weighted by molar-refractivity contribution is -0.147. The molecule has 4 atom stereocenters. The van der Waals surface area contributed by atoms with E-state index in [-0.39, 0.29) is 29.6 Å². The third-order valence-corrected chi connectivity index (χ3v) is 9.61. The van der Waals surface area contributed by atoms with E-state index in [2.05, 4.69) is 6.07 Å². The number of sulfone groups is 1. The van der Waals surface area contributed by atoms with Crippen molar-refractivity contribution in [3.8, 4) is 6.07 Å². The summed E-state index contributed by atoms with van der Waals surface area (Å²) in [7, 11) is -3.78. The van der Waals surface area contributed by atoms with Crippen LogP contribution in [0.2, 0.25) is 5.02 Å². The van der Waals surface area contributed by atoms with E-state index in [4.69, 9.17) is 16.3 Å². The number of rotatable bonds is 4. The van der Waals surface area contributed by atoms with Crippen molar-refractivity contribution in [3.05, 3.63) is 28.8 Å². The molecular weight excluding hydrogens is 466 g/mol. The molecule has 2 heterocycles. The lowest BCUT2D eigenvalue weighted by Gasteiger charge is -2.32. The molecule has 1 aromatic carbocycles. The van der Waals surface area contributed by atoms with Gasteiger partial charge < -0.3 is 14.5 Å². The molecule has 1 saturated carbocycles. The van der Waals surface area contributed by atoms with Crippen molar-refractivity contribution in [1.82, 2.24) is 9.80 Å². The minimum Gasteiger partial charge on any atom is -0.378 e. The quantitative estimate of drug-likeness (QED) is 0.636. The fourth-order valence-electron chi connectivity index (χ4n) is 5.30. The van der Waals surface area contributed by atoms with Crippen LogP contribution < -0.4 is 0 Å². The van der Waals surface area contributed by atoms with Crippen molar-refractivity contribution in [1.29, 1.82) is 5.26 Å². The SMILES string of the molecule is Cc1cc(Cl)ccc1S(=O)(=O)[C@@H]1C[C@H](C(=O)N2CCOCC2)[C@H](C(=O)N2CCC[C@H]2C#N)C1. The van der Waals surface area contributed by atoms with Crippen LogP contribution in [0.15, 0.2) is 23.1 Å². The van der Waals surface area contributed by atoms with Gasteiger partial charge in [0.05, 0.1) is 41.3 Å². The highest BCUT2D eigenvalue weighted by Gasteiger charge is 2.50. The van der Waals surface area contributed by atoms with Gasteiger partial charge in [-0.25, -0.2) is 8.42 Å². The first-order chi connectivity index (χ1) is 15.7. The average molecular weight is 494 g/mol. The van der Waals surface area contributed by atoms with E-state index in [1.807, 2.05) is 0 Å². The molecule has 0 aromatic heterocycles. The van der Waals surface area contributed by atoms with Crippen LogP contribution in [-0.4, -0.2) is 74.2 Å². The van der Waals surface area contributed by atoms with Crippen molar-refractivity contribution < 1.29 is 22.7 Å². The van der Waals surface area contributed by atoms with Gasteiger partial charge in [0.2, 0.25) is 11.8 Å². The molecule has 2 amide bonds. The summed E-state index contributed by atoms with van der Waals surface area (Å²) in [6.07, 6.45) is 1.48. The van der Waals surface area contributed by atoms with E-state index >= 15 is 0 Å². The number of likely N-dealkylation sites (tertiary alicyclic amines) is 1. The lowest BCUT2D eigenvalue weighted by Crippen LogP contribution is -2.47. The number of hydrogen-bond donors (Lipinski definition) is 0. The molecule has 0 spiro atoms. The molecule has 0 N–H and O–H groups in total. The highest BCUT2D eigenvalue weighted by molar-refractivity contribution is 7.92. The molecule has 2 saturated heterocycles. The van der Waals surface area contributed by atoms with Crippen LogP contribution in [0.1, 0.15) is 31.2 Å². The first-order valence-corrected chi connectivity index (χ1v) is 13.2. The molecule has 3 aliphatic rings. The van der Waals surface area contributed by atoms with Gasteiger partial charge in [0.25, 0.3) is 0 Å². The number of amides is 2. The minimum atomic E-state index is -3.78. The Bertz CT molecular complexity index is 1080. The van der Waals surface area contributed by atoms with Crippen LogP contribution >= 0.6 is 11.6 Å². The van der Waals surface area contributed by atoms with Gasteiger partial charge in [0, 0.05) is 24.7 Å². The molecule has 0 unspecified atom stereocenters. The third kappa shape index (κ3) is 4.61. The van der Waals surface area contributed by atoms with Gasteiger partial charge in [-0.2, -0.15) is 5.26 Å². The van der Waals surface area contributed by atoms with Crippen molar-refractivity contribution in [2.45, 2.75) is 48.8 Å². The van der Waals surface area contributed by atoms with Gasteiger partial charge in [0.1, 0.15) is 6.04 Å². The molecule has 0 radical (unpaired) electrons. The molecule has 10 heteroatoms. The lowest BCUT2D eigenvalue weighted by atomic mass is 9.92. The summed E-state index contributed by atoms with van der Waals surface area (Å²) in [5.41, 5.74) is 0.539. The van der Waals surface area contributed by atoms with E-state index in [1.54, 1.807) is 17.9 Å². The first-order valence-electron chi connectivity index (χ1n) is 11.3. The number of morpholine rings is 1. The molecule has 0 bridgehead atoms. The van der Waals surface area contributed by atoms with Crippen LogP contribution in [-0.2, 0) is 24.2 Å². The van der Waals surface area contributed by atoms with Gasteiger partial charge in [-0.05, 0) is 56.4 Å². The number of hydrogen-bond acceptors (Lipinski definition) is 6. The number of benzene rings is 1. The first kappa shape index (κ1) is 24.0. The van der Waals surface area contributed by atoms with Crippen LogP contribution in [0.25, 0.3) is 0 Å². The Kier molecular flexibility index (Phi) is 6.99. The second-order valence-electron chi connectivity index (χ2n) is 9.02. The summed E-state index contributed by atoms with van der Waals surface area (Å²) in [6, 6.07) is 6.28. The van der Waals surface area contributed by atoms with Gasteiger partial charge in [0.15, 0.2) is 9.84 Å². The highest BCUT2D eigenvalue weighted by Crippen LogP contribution is 2.42. The fourth-order valence-corrected chi connectivity index (χ4v) is 7.57. The Balaban J connectivity index is 1.65. The highest BCUT2D eigenvalue weighted by atomic mass is 35.5. The van der Waals surface area contributed by atoms with Crippen molar-refractivity contribution in [3.63, 3.8) is 0 Å². The van der Waals surface area contributed by atoms with E-state index in [9.17, 15) is 23.3 Å². The van der Waals surface area contributed by atoms with Crippen molar-refractivity contribution in [2.75, 3.05) is 32.8 Å². The normalized spacial score (nSPS) is 28.0. The standard InChI is InChI=1S/C23H28ClN3O5S/c1-15-11-16(24)4-5-21(15)33(30,31)18-12-19(22(28)26-7-9-32-10-8-26)20(13-18)23(29)27-6-2-3-17(27)14-25/h4-5,11,17-20H,2-3,6-10,12-13H2,1H3/t17-,18+,19-,20+/m0/s1. The largest absolute Gasteiger partial charge is 0.378 e. The van der Waals surface area contributed by atoms with Crippen LogP contribution in [0, 0.1) is 30.1 Å². The monoisotopic (exact) mass is 493 g/mol. The summed E-state index contributed by atoms with van der Waals surface area (Å²) in [5, 5.41) is 9.04. The molecule has 8 nitrogen and oxygen atoms in total. The Morgan fingerprint density at radius 2 is 1.79 bits per heavy atom. The zero-order chi connectivity index (χ0) is 23.8. The Morgan fingerprint density at radius 1 is 1.12 bits per heavy atom. The van der Waals surface area contributed by atoms with E-state index in [0.29, 0.717) is 49.9 Å². The van der Waals surface area contributed by atoms with E-state index < -0.39 is 33.0 Å². The van der Waals surface area contributed by atoms with E-state index in [1.165, 1.54) is 17.0 Å². The number of nitrogens with zero attached hydrogens (tertiary/aromatic N) is 3. The van der Waals surface area contributed by atoms with Crippen LogP contribution in [0.4, 0.5) is 0 Å². The van der Waals surface area contributed by atoms with Crippen molar-refractivity contribution in [2.24, 2.45) is 11.8 Å². The number of halogens is 1. The number of carbonyl (C=O) groups excluding carboxylic acids is 2. The van der Waals surface area contributed by atoms with Gasteiger partial charge in [-0.3, -0.25) is 9.59 Å². The molecule has 1 aromatic rings. The minimum absolute atomic E-state index is 0.0681. The molecule has 1 aliphatic carbocycles. The molecule has 178 valence electrons. The maximum Gasteiger partial charge on any atom is 0.227 e. The summed E-state index contributed by atoms with van der Waals surface area (Å²) < 4.78 is 32.5. The summed E-state index contributed by atoms with van der Waals surface area (Å²) >= 11 is 6.01. The summed E-state index contributed by atoms with van der Waals surface area (Å²) in [4.78, 5) is 30.3. The predicted molar refractivity (Wildman–Crippen MR) is 121 cm³/mol. The number of nitriles is 1. The Labute approximate surface area is 199 Å². The van der Waals surface area contributed by atoms with Gasteiger partial charge in [-0.1, -0.05) is 11.6 Å². The summed E-state index contributed by atoms with van der Waals surface area (Å²) in [5.74, 6) is -1.98. The Hall–Kier alpha value is -2.15. The fraction of sp³-hybridized carbons (Fsp3) is 0.609. The van der Waals surface area contributed by atoms with Crippen LogP contribution in [0.5, 0.6) is 0 Å². The number of carbonyl (C=O) groups is 2. The number of aryl methyl sites for hydroxylation is 1. The molecule has 33 heavy (non-hydrogen) atoms. The maximum atomic E-state index is 13.6. The third-order valence-electron chi connectivity index (χ3n) is 7.04. The Morgan fingerprint density at radius 3 is 2.42 bits per heavy atom. The molecule has 4 rings (SSSR count). The van der Waals surface area contributed by atoms with E-state index in [0.717, 1.165) is 6.42 Å². The smallest absolute Gasteiger partial charge is 0.227 e. The second kappa shape index (κ2) is 9.61. The molecular formula is C23H28ClN3O5S. The summed E-state index contributed by atoms with van der Waals surface area (Å²) in [6.45, 7) is 3.84.